The molecule has 0 spiro atoms. The maximum Gasteiger partial charge on any atom is 0.410 e. The summed E-state index contributed by atoms with van der Waals surface area (Å²) in [6.07, 6.45) is 2.16. The van der Waals surface area contributed by atoms with Crippen LogP contribution in [0.3, 0.4) is 0 Å². The van der Waals surface area contributed by atoms with Crippen molar-refractivity contribution in [1.29, 1.82) is 0 Å². The van der Waals surface area contributed by atoms with Crippen LogP contribution in [0.15, 0.2) is 60.9 Å². The normalized spacial score (nSPS) is 18.5. The van der Waals surface area contributed by atoms with E-state index in [2.05, 4.69) is 20.6 Å². The van der Waals surface area contributed by atoms with E-state index in [9.17, 15) is 19.5 Å². The number of anilines is 3. The highest BCUT2D eigenvalue weighted by atomic mass is 32.1. The van der Waals surface area contributed by atoms with E-state index in [0.717, 1.165) is 22.5 Å². The predicted molar refractivity (Wildman–Crippen MR) is 160 cm³/mol. The number of thiophene rings is 1. The summed E-state index contributed by atoms with van der Waals surface area (Å²) in [4.78, 5) is 52.4. The fourth-order valence-electron chi connectivity index (χ4n) is 5.23. The molecule has 1 saturated heterocycles. The van der Waals surface area contributed by atoms with Crippen molar-refractivity contribution in [2.75, 3.05) is 23.3 Å². The summed E-state index contributed by atoms with van der Waals surface area (Å²) in [6.45, 7) is 5.61. The number of benzene rings is 1. The van der Waals surface area contributed by atoms with Gasteiger partial charge in [-0.05, 0) is 56.5 Å². The quantitative estimate of drug-likeness (QED) is 0.301. The molecule has 1 aromatic carbocycles. The van der Waals surface area contributed by atoms with Crippen LogP contribution in [0.4, 0.5) is 26.8 Å². The van der Waals surface area contributed by atoms with Crippen LogP contribution in [-0.4, -0.2) is 68.8 Å². The molecule has 4 aromatic rings. The lowest BCUT2D eigenvalue weighted by Crippen LogP contribution is -2.55. The molecule has 0 radical (unpaired) electrons. The maximum absolute atomic E-state index is 13.5. The molecule has 6 rings (SSSR count). The molecule has 0 bridgehead atoms. The Morgan fingerprint density at radius 2 is 1.83 bits per heavy atom. The number of amides is 4. The predicted octanol–water partition coefficient (Wildman–Crippen LogP) is 5.14. The van der Waals surface area contributed by atoms with Crippen LogP contribution in [0.1, 0.15) is 36.9 Å². The maximum atomic E-state index is 13.5. The minimum absolute atomic E-state index is 0.119. The lowest BCUT2D eigenvalue weighted by atomic mass is 10.0. The van der Waals surface area contributed by atoms with Gasteiger partial charge in [0.2, 0.25) is 0 Å². The first-order valence-corrected chi connectivity index (χ1v) is 14.4. The molecule has 0 unspecified atom stereocenters. The van der Waals surface area contributed by atoms with E-state index >= 15 is 0 Å². The second-order valence-corrected chi connectivity index (χ2v) is 12.3. The van der Waals surface area contributed by atoms with E-state index in [1.54, 1.807) is 39.2 Å². The number of carbonyl (C=O) groups excluding carboxylic acids is 3. The van der Waals surface area contributed by atoms with Gasteiger partial charge in [-0.15, -0.1) is 11.3 Å². The van der Waals surface area contributed by atoms with Gasteiger partial charge in [-0.25, -0.2) is 24.5 Å². The molecule has 0 aliphatic carbocycles. The second kappa shape index (κ2) is 10.7. The number of ether oxygens (including phenoxy) is 1. The highest BCUT2D eigenvalue weighted by molar-refractivity contribution is 7.21. The number of rotatable bonds is 4. The van der Waals surface area contributed by atoms with Crippen LogP contribution in [0.2, 0.25) is 0 Å². The molecule has 3 N–H and O–H groups in total. The highest BCUT2D eigenvalue weighted by Gasteiger charge is 2.36. The topological polar surface area (TPSA) is 137 Å². The Morgan fingerprint density at radius 3 is 2.60 bits per heavy atom. The molecule has 1 fully saturated rings. The number of hydrogen-bond donors (Lipinski definition) is 3. The van der Waals surface area contributed by atoms with Gasteiger partial charge in [0.1, 0.15) is 21.1 Å². The summed E-state index contributed by atoms with van der Waals surface area (Å²) in [5.74, 6) is 0.00257. The Hall–Kier alpha value is -4.55. The number of nitrogens with one attached hydrogen (secondary N) is 2. The third-order valence-corrected chi connectivity index (χ3v) is 8.05. The molecule has 11 nitrogen and oxygen atoms in total. The van der Waals surface area contributed by atoms with Gasteiger partial charge in [0.25, 0.3) is 5.91 Å². The highest BCUT2D eigenvalue weighted by Crippen LogP contribution is 2.45. The van der Waals surface area contributed by atoms with E-state index in [4.69, 9.17) is 4.74 Å². The van der Waals surface area contributed by atoms with Gasteiger partial charge in [-0.1, -0.05) is 30.3 Å². The molecule has 0 saturated carbocycles. The van der Waals surface area contributed by atoms with Crippen molar-refractivity contribution in [3.8, 4) is 11.1 Å². The minimum atomic E-state index is -0.821. The SMILES string of the molecule is CC(C)(C)OC(=O)N1C[C@H](O)C[C@@H](NC(=O)c2sc3nccc4c3c2NC(=O)N4c2cc(-c3ccccc3)ccn2)C1. The van der Waals surface area contributed by atoms with Crippen molar-refractivity contribution in [2.24, 2.45) is 0 Å². The molecule has 216 valence electrons. The van der Waals surface area contributed by atoms with E-state index in [1.165, 1.54) is 9.80 Å². The van der Waals surface area contributed by atoms with Gasteiger partial charge < -0.3 is 25.4 Å². The van der Waals surface area contributed by atoms with Gasteiger partial charge in [0.05, 0.1) is 29.4 Å². The Balaban J connectivity index is 1.28. The van der Waals surface area contributed by atoms with E-state index in [0.29, 0.717) is 27.4 Å². The number of hydrogen-bond acceptors (Lipinski definition) is 8. The molecular formula is C30H30N6O5S. The number of aliphatic hydroxyl groups excluding tert-OH is 1. The van der Waals surface area contributed by atoms with Gasteiger partial charge >= 0.3 is 12.1 Å². The van der Waals surface area contributed by atoms with Crippen molar-refractivity contribution in [3.05, 3.63) is 65.8 Å². The van der Waals surface area contributed by atoms with E-state index in [1.807, 2.05) is 42.5 Å². The summed E-state index contributed by atoms with van der Waals surface area (Å²) < 4.78 is 5.45. The Morgan fingerprint density at radius 1 is 1.07 bits per heavy atom. The van der Waals surface area contributed by atoms with E-state index in [-0.39, 0.29) is 24.4 Å². The number of piperidine rings is 1. The number of β-amino-alcohol motifs (C(OH)–C–C–N with tert-alkyl or cyclic N) is 1. The molecule has 3 aromatic heterocycles. The first-order valence-electron chi connectivity index (χ1n) is 13.6. The van der Waals surface area contributed by atoms with Crippen molar-refractivity contribution >= 4 is 56.8 Å². The zero-order valence-electron chi connectivity index (χ0n) is 23.3. The lowest BCUT2D eigenvalue weighted by Gasteiger charge is -2.36. The van der Waals surface area contributed by atoms with Crippen molar-refractivity contribution in [3.63, 3.8) is 0 Å². The first-order chi connectivity index (χ1) is 20.1. The third kappa shape index (κ3) is 5.38. The van der Waals surface area contributed by atoms with Crippen LogP contribution in [0.5, 0.6) is 0 Å². The number of carbonyl (C=O) groups is 3. The zero-order chi connectivity index (χ0) is 29.6. The number of aliphatic hydroxyl groups is 1. The first kappa shape index (κ1) is 27.6. The minimum Gasteiger partial charge on any atom is -0.444 e. The summed E-state index contributed by atoms with van der Waals surface area (Å²) in [5, 5.41) is 16.9. The number of aromatic nitrogens is 2. The van der Waals surface area contributed by atoms with Crippen molar-refractivity contribution in [1.82, 2.24) is 20.2 Å². The summed E-state index contributed by atoms with van der Waals surface area (Å²) in [5.41, 5.74) is 2.15. The Kier molecular flexibility index (Phi) is 7.03. The number of nitrogens with zero attached hydrogens (tertiary/aromatic N) is 4. The fourth-order valence-corrected chi connectivity index (χ4v) is 6.25. The summed E-state index contributed by atoms with van der Waals surface area (Å²) in [7, 11) is 0. The largest absolute Gasteiger partial charge is 0.444 e. The van der Waals surface area contributed by atoms with Crippen LogP contribution in [-0.2, 0) is 4.74 Å². The standard InChI is InChI=1S/C30H30N6O5S/c1-30(2,3)41-29(40)35-15-19(14-20(37)16-35)33-26(38)25-24-23-21(10-12-32-27(23)42-25)36(28(39)34-24)22-13-18(9-11-31-22)17-7-5-4-6-8-17/h4-13,19-20,37H,14-16H2,1-3H3,(H,33,38)(H,34,39)/t19-,20-/m1/s1. The lowest BCUT2D eigenvalue weighted by molar-refractivity contribution is -0.00215. The number of urea groups is 1. The van der Waals surface area contributed by atoms with Gasteiger partial charge in [-0.3, -0.25) is 4.79 Å². The van der Waals surface area contributed by atoms with Crippen LogP contribution in [0.25, 0.3) is 21.3 Å². The third-order valence-electron chi connectivity index (χ3n) is 6.95. The van der Waals surface area contributed by atoms with Crippen molar-refractivity contribution in [2.45, 2.75) is 44.9 Å². The van der Waals surface area contributed by atoms with Crippen LogP contribution < -0.4 is 15.5 Å². The molecule has 5 heterocycles. The summed E-state index contributed by atoms with van der Waals surface area (Å²) in [6, 6.07) is 14.3. The molecule has 42 heavy (non-hydrogen) atoms. The molecule has 2 aliphatic heterocycles. The Labute approximate surface area is 246 Å². The number of likely N-dealkylation sites (tertiary alicyclic amines) is 1. The zero-order valence-corrected chi connectivity index (χ0v) is 24.1. The summed E-state index contributed by atoms with van der Waals surface area (Å²) >= 11 is 1.16. The molecule has 2 atom stereocenters. The fraction of sp³-hybridized carbons (Fsp3) is 0.300. The molecular weight excluding hydrogens is 556 g/mol. The van der Waals surface area contributed by atoms with Crippen LogP contribution >= 0.6 is 11.3 Å². The molecule has 12 heteroatoms. The van der Waals surface area contributed by atoms with Gasteiger partial charge in [0.15, 0.2) is 0 Å². The second-order valence-electron chi connectivity index (χ2n) is 11.3. The monoisotopic (exact) mass is 586 g/mol. The molecule has 4 amide bonds. The number of pyridine rings is 2. The van der Waals surface area contributed by atoms with Crippen molar-refractivity contribution < 1.29 is 24.2 Å². The average molecular weight is 587 g/mol. The van der Waals surface area contributed by atoms with Gasteiger partial charge in [0, 0.05) is 25.0 Å². The smallest absolute Gasteiger partial charge is 0.410 e. The molecule has 2 aliphatic rings. The van der Waals surface area contributed by atoms with Gasteiger partial charge in [-0.2, -0.15) is 0 Å². The average Bonchev–Trinajstić information content (AvgIpc) is 3.32. The van der Waals surface area contributed by atoms with E-state index < -0.39 is 35.8 Å². The van der Waals surface area contributed by atoms with Crippen LogP contribution in [0, 0.1) is 0 Å². The Bertz CT molecular complexity index is 1680.